The van der Waals surface area contributed by atoms with Gasteiger partial charge in [-0.2, -0.15) is 4.31 Å². The molecule has 1 N–H and O–H groups in total. The normalized spacial score (nSPS) is 13.2. The van der Waals surface area contributed by atoms with Crippen LogP contribution in [0, 0.1) is 6.92 Å². The van der Waals surface area contributed by atoms with Gasteiger partial charge in [-0.15, -0.1) is 0 Å². The number of rotatable bonds is 11. The number of fused-ring (bicyclic) bond motifs is 1. The molecule has 0 fully saturated rings. The minimum atomic E-state index is -3.66. The Bertz CT molecular complexity index is 1100. The lowest BCUT2D eigenvalue weighted by atomic mass is 10.2. The van der Waals surface area contributed by atoms with E-state index in [1.807, 2.05) is 32.0 Å². The van der Waals surface area contributed by atoms with Crippen LogP contribution in [0.25, 0.3) is 11.0 Å². The van der Waals surface area contributed by atoms with E-state index in [2.05, 4.69) is 14.5 Å². The van der Waals surface area contributed by atoms with Gasteiger partial charge < -0.3 is 14.4 Å². The van der Waals surface area contributed by atoms with E-state index in [0.29, 0.717) is 13.0 Å². The van der Waals surface area contributed by atoms with Crippen LogP contribution in [0.1, 0.15) is 31.2 Å². The third kappa shape index (κ3) is 5.30. The Morgan fingerprint density at radius 3 is 2.65 bits per heavy atom. The molecule has 31 heavy (non-hydrogen) atoms. The third-order valence-corrected chi connectivity index (χ3v) is 7.29. The minimum Gasteiger partial charge on any atom is -0.394 e. The van der Waals surface area contributed by atoms with Crippen molar-refractivity contribution in [3.63, 3.8) is 0 Å². The summed E-state index contributed by atoms with van der Waals surface area (Å²) >= 11 is 0. The molecule has 9 heteroatoms. The van der Waals surface area contributed by atoms with E-state index in [1.165, 1.54) is 4.31 Å². The van der Waals surface area contributed by atoms with Crippen LogP contribution in [0.2, 0.25) is 0 Å². The van der Waals surface area contributed by atoms with Crippen LogP contribution in [0.5, 0.6) is 0 Å². The number of ether oxygens (including phenoxy) is 1. The number of aliphatic hydroxyl groups excluding tert-OH is 1. The first kappa shape index (κ1) is 23.3. The first-order valence-corrected chi connectivity index (χ1v) is 11.8. The van der Waals surface area contributed by atoms with E-state index in [9.17, 15) is 8.42 Å². The summed E-state index contributed by atoms with van der Waals surface area (Å²) in [6.45, 7) is 4.91. The van der Waals surface area contributed by atoms with Gasteiger partial charge >= 0.3 is 0 Å². The molecule has 8 nitrogen and oxygen atoms in total. The van der Waals surface area contributed by atoms with Gasteiger partial charge in [0.15, 0.2) is 0 Å². The summed E-state index contributed by atoms with van der Waals surface area (Å²) in [5, 5.41) is 8.91. The monoisotopic (exact) mass is 446 g/mol. The number of benzene rings is 1. The first-order chi connectivity index (χ1) is 14.9. The van der Waals surface area contributed by atoms with E-state index < -0.39 is 10.0 Å². The number of pyridine rings is 1. The quantitative estimate of drug-likeness (QED) is 0.455. The van der Waals surface area contributed by atoms with Crippen molar-refractivity contribution in [3.05, 3.63) is 54.1 Å². The average molecular weight is 447 g/mol. The molecule has 168 valence electrons. The van der Waals surface area contributed by atoms with E-state index in [0.717, 1.165) is 28.8 Å². The highest BCUT2D eigenvalue weighted by Gasteiger charge is 2.27. The average Bonchev–Trinajstić information content (AvgIpc) is 3.08. The van der Waals surface area contributed by atoms with Gasteiger partial charge in [0.2, 0.25) is 10.0 Å². The van der Waals surface area contributed by atoms with E-state index >= 15 is 0 Å². The molecule has 0 aliphatic carbocycles. The maximum absolute atomic E-state index is 13.1. The van der Waals surface area contributed by atoms with Crippen molar-refractivity contribution < 1.29 is 18.3 Å². The molecule has 0 amide bonds. The number of imidazole rings is 1. The first-order valence-electron chi connectivity index (χ1n) is 10.4. The summed E-state index contributed by atoms with van der Waals surface area (Å²) in [5.41, 5.74) is 2.82. The highest BCUT2D eigenvalue weighted by Crippen LogP contribution is 2.21. The van der Waals surface area contributed by atoms with Crippen molar-refractivity contribution in [1.82, 2.24) is 18.8 Å². The Labute approximate surface area is 183 Å². The van der Waals surface area contributed by atoms with Crippen molar-refractivity contribution in [2.75, 3.05) is 26.9 Å². The zero-order valence-electron chi connectivity index (χ0n) is 18.2. The molecule has 1 unspecified atom stereocenters. The van der Waals surface area contributed by atoms with Crippen molar-refractivity contribution in [1.29, 1.82) is 0 Å². The lowest BCUT2D eigenvalue weighted by Crippen LogP contribution is -2.40. The van der Waals surface area contributed by atoms with Gasteiger partial charge in [0.25, 0.3) is 0 Å². The second-order valence-electron chi connectivity index (χ2n) is 7.52. The predicted octanol–water partition coefficient (Wildman–Crippen LogP) is 2.59. The van der Waals surface area contributed by atoms with E-state index in [4.69, 9.17) is 9.84 Å². The van der Waals surface area contributed by atoms with Crippen molar-refractivity contribution >= 4 is 21.1 Å². The number of sulfonamides is 1. The second kappa shape index (κ2) is 10.3. The molecule has 3 aromatic rings. The molecule has 0 spiro atoms. The number of likely N-dealkylation sites (N-methyl/N-ethyl adjacent to an activating group) is 1. The van der Waals surface area contributed by atoms with Crippen LogP contribution in [-0.2, 0) is 21.3 Å². The Morgan fingerprint density at radius 2 is 1.97 bits per heavy atom. The SMILES string of the molecule is CCCC(COCCO)N(C)S(=O)(=O)c1ccc(Cn2c(C)nc3cnccc32)cc1. The number of aliphatic hydroxyl groups is 1. The zero-order valence-corrected chi connectivity index (χ0v) is 19.0. The van der Waals surface area contributed by atoms with Gasteiger partial charge in [-0.25, -0.2) is 13.4 Å². The van der Waals surface area contributed by atoms with E-state index in [1.54, 1.807) is 31.6 Å². The summed E-state index contributed by atoms with van der Waals surface area (Å²) in [7, 11) is -2.07. The molecule has 0 saturated heterocycles. The van der Waals surface area contributed by atoms with Crippen molar-refractivity contribution in [2.45, 2.75) is 44.2 Å². The molecule has 0 aliphatic heterocycles. The summed E-state index contributed by atoms with van der Waals surface area (Å²) in [6, 6.07) is 8.61. The Kier molecular flexibility index (Phi) is 7.77. The van der Waals surface area contributed by atoms with Gasteiger partial charge in [-0.05, 0) is 37.1 Å². The molecular weight excluding hydrogens is 416 g/mol. The molecule has 0 radical (unpaired) electrons. The molecule has 3 rings (SSSR count). The van der Waals surface area contributed by atoms with Crippen LogP contribution in [0.3, 0.4) is 0 Å². The van der Waals surface area contributed by atoms with E-state index in [-0.39, 0.29) is 30.8 Å². The molecular formula is C22H30N4O4S. The van der Waals surface area contributed by atoms with Crippen LogP contribution >= 0.6 is 0 Å². The van der Waals surface area contributed by atoms with Crippen molar-refractivity contribution in [2.24, 2.45) is 0 Å². The summed E-state index contributed by atoms with van der Waals surface area (Å²) in [4.78, 5) is 8.89. The smallest absolute Gasteiger partial charge is 0.243 e. The van der Waals surface area contributed by atoms with Crippen LogP contribution in [0.4, 0.5) is 0 Å². The fourth-order valence-corrected chi connectivity index (χ4v) is 4.97. The number of aromatic nitrogens is 3. The fraction of sp³-hybridized carbons (Fsp3) is 0.455. The Hall–Kier alpha value is -2.33. The molecule has 1 atom stereocenters. The molecule has 2 heterocycles. The molecule has 2 aromatic heterocycles. The van der Waals surface area contributed by atoms with Gasteiger partial charge in [0.05, 0.1) is 36.4 Å². The van der Waals surface area contributed by atoms with Gasteiger partial charge in [0.1, 0.15) is 11.3 Å². The second-order valence-corrected chi connectivity index (χ2v) is 9.51. The summed E-state index contributed by atoms with van der Waals surface area (Å²) in [6.07, 6.45) is 4.99. The van der Waals surface area contributed by atoms with Crippen LogP contribution in [-0.4, -0.2) is 65.3 Å². The molecule has 1 aromatic carbocycles. The summed E-state index contributed by atoms with van der Waals surface area (Å²) < 4.78 is 35.1. The predicted molar refractivity (Wildman–Crippen MR) is 119 cm³/mol. The van der Waals surface area contributed by atoms with Crippen molar-refractivity contribution in [3.8, 4) is 0 Å². The van der Waals surface area contributed by atoms with Gasteiger partial charge in [-0.3, -0.25) is 4.98 Å². The number of hydrogen-bond donors (Lipinski definition) is 1. The maximum Gasteiger partial charge on any atom is 0.243 e. The molecule has 0 bridgehead atoms. The van der Waals surface area contributed by atoms with Gasteiger partial charge in [-0.1, -0.05) is 25.5 Å². The van der Waals surface area contributed by atoms with Crippen LogP contribution in [0.15, 0.2) is 47.6 Å². The largest absolute Gasteiger partial charge is 0.394 e. The molecule has 0 aliphatic rings. The lowest BCUT2D eigenvalue weighted by Gasteiger charge is -2.27. The maximum atomic E-state index is 13.1. The number of aryl methyl sites for hydroxylation is 1. The minimum absolute atomic E-state index is 0.0844. The number of nitrogens with zero attached hydrogens (tertiary/aromatic N) is 4. The molecule has 0 saturated carbocycles. The fourth-order valence-electron chi connectivity index (χ4n) is 3.60. The lowest BCUT2D eigenvalue weighted by molar-refractivity contribution is 0.0625. The zero-order chi connectivity index (χ0) is 22.4. The highest BCUT2D eigenvalue weighted by molar-refractivity contribution is 7.89. The highest BCUT2D eigenvalue weighted by atomic mass is 32.2. The summed E-state index contributed by atoms with van der Waals surface area (Å²) in [5.74, 6) is 0.879. The number of hydrogen-bond acceptors (Lipinski definition) is 6. The standard InChI is InChI=1S/C22H30N4O4S/c1-4-5-19(16-30-13-12-27)25(3)31(28,29)20-8-6-18(7-9-20)15-26-17(2)24-21-14-23-11-10-22(21)26/h6-11,14,19,27H,4-5,12-13,15-16H2,1-3H3. The van der Waals surface area contributed by atoms with Gasteiger partial charge in [0, 0.05) is 25.8 Å². The Balaban J connectivity index is 1.78. The topological polar surface area (TPSA) is 97.6 Å². The van der Waals surface area contributed by atoms with Crippen LogP contribution < -0.4 is 0 Å². The third-order valence-electron chi connectivity index (χ3n) is 5.36. The Morgan fingerprint density at radius 1 is 1.23 bits per heavy atom.